The number of benzene rings is 1. The predicted molar refractivity (Wildman–Crippen MR) is 110 cm³/mol. The Kier molecular flexibility index (Phi) is 4.60. The van der Waals surface area contributed by atoms with Crippen LogP contribution in [0.25, 0.3) is 10.2 Å². The molecule has 5 nitrogen and oxygen atoms in total. The van der Waals surface area contributed by atoms with Crippen LogP contribution in [0.5, 0.6) is 0 Å². The van der Waals surface area contributed by atoms with E-state index < -0.39 is 6.04 Å². The molecule has 1 atom stereocenters. The molecule has 0 unspecified atom stereocenters. The van der Waals surface area contributed by atoms with E-state index >= 15 is 0 Å². The number of hydrogen-bond acceptors (Lipinski definition) is 4. The van der Waals surface area contributed by atoms with E-state index in [-0.39, 0.29) is 11.5 Å². The Labute approximate surface area is 162 Å². The standard InChI is InChI=1S/C21H23N3O2S/c1-12-8-9-13(2)16(10-12)23-19(25)14(3)24-11-22-20-18(21(24)26)15-6-4-5-7-17(15)27-20/h8-11,14H,4-7H2,1-3H3,(H,23,25)/t14-/m1/s1. The summed E-state index contributed by atoms with van der Waals surface area (Å²) >= 11 is 1.62. The number of anilines is 1. The summed E-state index contributed by atoms with van der Waals surface area (Å²) in [5.74, 6) is -0.212. The van der Waals surface area contributed by atoms with E-state index in [1.165, 1.54) is 22.2 Å². The Morgan fingerprint density at radius 1 is 1.26 bits per heavy atom. The first-order valence-electron chi connectivity index (χ1n) is 9.35. The zero-order valence-electron chi connectivity index (χ0n) is 15.8. The van der Waals surface area contributed by atoms with E-state index in [1.807, 2.05) is 32.0 Å². The Morgan fingerprint density at radius 2 is 2.04 bits per heavy atom. The van der Waals surface area contributed by atoms with E-state index in [2.05, 4.69) is 10.3 Å². The maximum absolute atomic E-state index is 13.1. The van der Waals surface area contributed by atoms with Crippen LogP contribution in [0.1, 0.15) is 47.4 Å². The number of nitrogens with one attached hydrogen (secondary N) is 1. The summed E-state index contributed by atoms with van der Waals surface area (Å²) in [7, 11) is 0. The number of amides is 1. The highest BCUT2D eigenvalue weighted by Crippen LogP contribution is 2.33. The van der Waals surface area contributed by atoms with Gasteiger partial charge in [0, 0.05) is 10.6 Å². The van der Waals surface area contributed by atoms with Crippen LogP contribution in [0.2, 0.25) is 0 Å². The number of nitrogens with zero attached hydrogens (tertiary/aromatic N) is 2. The molecule has 4 rings (SSSR count). The van der Waals surface area contributed by atoms with Gasteiger partial charge in [0.05, 0.1) is 11.7 Å². The van der Waals surface area contributed by atoms with Crippen LogP contribution in [0, 0.1) is 13.8 Å². The van der Waals surface area contributed by atoms with Crippen LogP contribution < -0.4 is 10.9 Å². The Balaban J connectivity index is 1.69. The minimum absolute atomic E-state index is 0.108. The van der Waals surface area contributed by atoms with Gasteiger partial charge in [-0.1, -0.05) is 12.1 Å². The molecule has 0 bridgehead atoms. The van der Waals surface area contributed by atoms with Crippen molar-refractivity contribution in [2.75, 3.05) is 5.32 Å². The second kappa shape index (κ2) is 6.93. The van der Waals surface area contributed by atoms with Crippen LogP contribution >= 0.6 is 11.3 Å². The number of thiophene rings is 1. The topological polar surface area (TPSA) is 64.0 Å². The molecule has 3 aromatic rings. The molecule has 0 aliphatic heterocycles. The molecule has 0 spiro atoms. The molecule has 1 aliphatic carbocycles. The molecule has 1 aliphatic rings. The smallest absolute Gasteiger partial charge is 0.263 e. The van der Waals surface area contributed by atoms with E-state index in [0.717, 1.165) is 46.5 Å². The van der Waals surface area contributed by atoms with Crippen LogP contribution in [-0.2, 0) is 17.6 Å². The molecular weight excluding hydrogens is 358 g/mol. The molecule has 0 radical (unpaired) electrons. The molecule has 1 aromatic carbocycles. The first-order chi connectivity index (χ1) is 13.0. The second-order valence-corrected chi connectivity index (χ2v) is 8.42. The van der Waals surface area contributed by atoms with Gasteiger partial charge in [-0.3, -0.25) is 14.2 Å². The van der Waals surface area contributed by atoms with Crippen molar-refractivity contribution in [1.82, 2.24) is 9.55 Å². The summed E-state index contributed by atoms with van der Waals surface area (Å²) in [6.45, 7) is 5.69. The number of hydrogen-bond donors (Lipinski definition) is 1. The number of carbonyl (C=O) groups excluding carboxylic acids is 1. The average molecular weight is 382 g/mol. The number of rotatable bonds is 3. The maximum atomic E-state index is 13.1. The zero-order chi connectivity index (χ0) is 19.1. The van der Waals surface area contributed by atoms with Gasteiger partial charge >= 0.3 is 0 Å². The number of aromatic nitrogens is 2. The van der Waals surface area contributed by atoms with Gasteiger partial charge in [-0.15, -0.1) is 11.3 Å². The highest BCUT2D eigenvalue weighted by Gasteiger charge is 2.23. The van der Waals surface area contributed by atoms with Crippen molar-refractivity contribution in [3.8, 4) is 0 Å². The van der Waals surface area contributed by atoms with Crippen molar-refractivity contribution in [1.29, 1.82) is 0 Å². The first-order valence-corrected chi connectivity index (χ1v) is 10.2. The fraction of sp³-hybridized carbons (Fsp3) is 0.381. The van der Waals surface area contributed by atoms with E-state index in [4.69, 9.17) is 0 Å². The fourth-order valence-electron chi connectivity index (χ4n) is 3.67. The van der Waals surface area contributed by atoms with E-state index in [9.17, 15) is 9.59 Å². The molecule has 140 valence electrons. The van der Waals surface area contributed by atoms with Gasteiger partial charge < -0.3 is 5.32 Å². The fourth-order valence-corrected chi connectivity index (χ4v) is 4.89. The predicted octanol–water partition coefficient (Wildman–Crippen LogP) is 4.15. The van der Waals surface area contributed by atoms with Gasteiger partial charge in [0.15, 0.2) is 0 Å². The average Bonchev–Trinajstić information content (AvgIpc) is 3.04. The molecule has 2 aromatic heterocycles. The number of aryl methyl sites for hydroxylation is 4. The van der Waals surface area contributed by atoms with Crippen LogP contribution in [-0.4, -0.2) is 15.5 Å². The number of carbonyl (C=O) groups is 1. The largest absolute Gasteiger partial charge is 0.324 e. The first kappa shape index (κ1) is 17.9. The highest BCUT2D eigenvalue weighted by molar-refractivity contribution is 7.18. The Hall–Kier alpha value is -2.47. The molecule has 6 heteroatoms. The Bertz CT molecular complexity index is 1100. The normalized spacial score (nSPS) is 14.8. The van der Waals surface area contributed by atoms with E-state index in [1.54, 1.807) is 18.3 Å². The lowest BCUT2D eigenvalue weighted by molar-refractivity contribution is -0.118. The number of fused-ring (bicyclic) bond motifs is 3. The van der Waals surface area contributed by atoms with E-state index in [0.29, 0.717) is 5.39 Å². The maximum Gasteiger partial charge on any atom is 0.263 e. The summed E-state index contributed by atoms with van der Waals surface area (Å²) < 4.78 is 1.46. The van der Waals surface area contributed by atoms with Gasteiger partial charge in [0.25, 0.3) is 5.56 Å². The second-order valence-electron chi connectivity index (χ2n) is 7.33. The lowest BCUT2D eigenvalue weighted by Gasteiger charge is -2.17. The molecule has 0 saturated heterocycles. The summed E-state index contributed by atoms with van der Waals surface area (Å²) in [6.07, 6.45) is 5.75. The zero-order valence-corrected chi connectivity index (χ0v) is 16.7. The van der Waals surface area contributed by atoms with Gasteiger partial charge in [-0.05, 0) is 69.2 Å². The van der Waals surface area contributed by atoms with Gasteiger partial charge in [-0.2, -0.15) is 0 Å². The van der Waals surface area contributed by atoms with Gasteiger partial charge in [0.1, 0.15) is 10.9 Å². The SMILES string of the molecule is Cc1ccc(C)c(NC(=O)[C@@H](C)n2cnc3sc4c(c3c2=O)CCCC4)c1. The van der Waals surface area contributed by atoms with Crippen LogP contribution in [0.4, 0.5) is 5.69 Å². The highest BCUT2D eigenvalue weighted by atomic mass is 32.1. The molecule has 1 N–H and O–H groups in total. The summed E-state index contributed by atoms with van der Waals surface area (Å²) in [5.41, 5.74) is 3.89. The molecular formula is C21H23N3O2S. The third kappa shape index (κ3) is 3.18. The van der Waals surface area contributed by atoms with Crippen molar-refractivity contribution < 1.29 is 4.79 Å². The third-order valence-corrected chi connectivity index (χ3v) is 6.55. The van der Waals surface area contributed by atoms with Crippen molar-refractivity contribution in [2.24, 2.45) is 0 Å². The van der Waals surface area contributed by atoms with Crippen molar-refractivity contribution in [2.45, 2.75) is 52.5 Å². The molecule has 1 amide bonds. The van der Waals surface area contributed by atoms with Gasteiger partial charge in [0.2, 0.25) is 5.91 Å². The summed E-state index contributed by atoms with van der Waals surface area (Å²) in [6, 6.07) is 5.30. The van der Waals surface area contributed by atoms with Crippen molar-refractivity contribution in [3.05, 3.63) is 56.4 Å². The molecule has 2 heterocycles. The minimum Gasteiger partial charge on any atom is -0.324 e. The Morgan fingerprint density at radius 3 is 2.85 bits per heavy atom. The van der Waals surface area contributed by atoms with Crippen molar-refractivity contribution in [3.63, 3.8) is 0 Å². The molecule has 27 heavy (non-hydrogen) atoms. The lowest BCUT2D eigenvalue weighted by Crippen LogP contribution is -2.32. The molecule has 0 saturated carbocycles. The quantitative estimate of drug-likeness (QED) is 0.741. The summed E-state index contributed by atoms with van der Waals surface area (Å²) in [5, 5.41) is 3.67. The minimum atomic E-state index is -0.631. The molecule has 0 fully saturated rings. The van der Waals surface area contributed by atoms with Crippen LogP contribution in [0.3, 0.4) is 0 Å². The van der Waals surface area contributed by atoms with Crippen molar-refractivity contribution >= 4 is 33.1 Å². The summed E-state index contributed by atoms with van der Waals surface area (Å²) in [4.78, 5) is 32.5. The van der Waals surface area contributed by atoms with Gasteiger partial charge in [-0.25, -0.2) is 4.98 Å². The monoisotopic (exact) mass is 381 g/mol. The third-order valence-electron chi connectivity index (χ3n) is 5.35. The lowest BCUT2D eigenvalue weighted by atomic mass is 9.97. The van der Waals surface area contributed by atoms with Crippen LogP contribution in [0.15, 0.2) is 29.3 Å².